The zero-order valence-electron chi connectivity index (χ0n) is 12.3. The molecule has 0 radical (unpaired) electrons. The zero-order valence-corrected chi connectivity index (χ0v) is 12.3. The monoisotopic (exact) mass is 299 g/mol. The molecule has 1 aliphatic rings. The van der Waals surface area contributed by atoms with Crippen LogP contribution >= 0.6 is 0 Å². The number of hydrogen-bond acceptors (Lipinski definition) is 4. The van der Waals surface area contributed by atoms with E-state index in [-0.39, 0.29) is 29.4 Å². The van der Waals surface area contributed by atoms with Crippen molar-refractivity contribution in [1.82, 2.24) is 10.3 Å². The first-order chi connectivity index (χ1) is 10.6. The highest BCUT2D eigenvalue weighted by molar-refractivity contribution is 5.94. The van der Waals surface area contributed by atoms with Gasteiger partial charge in [0.15, 0.2) is 5.69 Å². The smallest absolute Gasteiger partial charge is 0.302 e. The third kappa shape index (κ3) is 3.52. The first kappa shape index (κ1) is 14.3. The van der Waals surface area contributed by atoms with Crippen molar-refractivity contribution >= 4 is 17.8 Å². The molecule has 2 N–H and O–H groups in total. The van der Waals surface area contributed by atoms with Crippen LogP contribution in [0.1, 0.15) is 34.5 Å². The Hall–Kier alpha value is -2.63. The van der Waals surface area contributed by atoms with Gasteiger partial charge in [0, 0.05) is 12.5 Å². The molecule has 0 spiro atoms. The number of carbonyl (C=O) groups excluding carboxylic acids is 2. The second kappa shape index (κ2) is 6.01. The van der Waals surface area contributed by atoms with E-state index in [9.17, 15) is 9.59 Å². The lowest BCUT2D eigenvalue weighted by Gasteiger charge is -2.03. The van der Waals surface area contributed by atoms with E-state index in [1.54, 1.807) is 0 Å². The number of rotatable bonds is 5. The quantitative estimate of drug-likeness (QED) is 0.887. The maximum atomic E-state index is 12.0. The van der Waals surface area contributed by atoms with Gasteiger partial charge in [0.1, 0.15) is 6.26 Å². The Morgan fingerprint density at radius 3 is 2.68 bits per heavy atom. The summed E-state index contributed by atoms with van der Waals surface area (Å²) < 4.78 is 5.10. The van der Waals surface area contributed by atoms with Crippen LogP contribution in [0.3, 0.4) is 0 Å². The lowest BCUT2D eigenvalue weighted by Crippen LogP contribution is -2.23. The third-order valence-corrected chi connectivity index (χ3v) is 3.49. The normalized spacial score (nSPS) is 13.7. The van der Waals surface area contributed by atoms with Gasteiger partial charge in [0.05, 0.1) is 0 Å². The fourth-order valence-electron chi connectivity index (χ4n) is 1.97. The van der Waals surface area contributed by atoms with E-state index in [4.69, 9.17) is 4.42 Å². The van der Waals surface area contributed by atoms with Crippen molar-refractivity contribution in [3.63, 3.8) is 0 Å². The molecule has 2 aromatic rings. The van der Waals surface area contributed by atoms with E-state index in [0.29, 0.717) is 6.54 Å². The van der Waals surface area contributed by atoms with Crippen molar-refractivity contribution in [3.05, 3.63) is 47.3 Å². The largest absolute Gasteiger partial charge is 0.431 e. The molecule has 3 rings (SSSR count). The highest BCUT2D eigenvalue weighted by Crippen LogP contribution is 2.30. The number of aromatic nitrogens is 1. The predicted octanol–water partition coefficient (Wildman–Crippen LogP) is 2.26. The molecule has 1 aliphatic carbocycles. The molecule has 6 nitrogen and oxygen atoms in total. The molecule has 0 saturated heterocycles. The summed E-state index contributed by atoms with van der Waals surface area (Å²) in [6, 6.07) is 7.96. The summed E-state index contributed by atoms with van der Waals surface area (Å²) >= 11 is 0. The first-order valence-electron chi connectivity index (χ1n) is 7.22. The molecule has 0 aliphatic heterocycles. The number of oxazole rings is 1. The Morgan fingerprint density at radius 1 is 1.27 bits per heavy atom. The molecule has 6 heteroatoms. The molecule has 22 heavy (non-hydrogen) atoms. The van der Waals surface area contributed by atoms with E-state index < -0.39 is 0 Å². The lowest BCUT2D eigenvalue weighted by molar-refractivity contribution is -0.117. The van der Waals surface area contributed by atoms with Crippen molar-refractivity contribution in [2.24, 2.45) is 5.92 Å². The van der Waals surface area contributed by atoms with Gasteiger partial charge in [0.25, 0.3) is 5.91 Å². The Labute approximate surface area is 127 Å². The van der Waals surface area contributed by atoms with E-state index in [1.807, 2.05) is 31.2 Å². The average Bonchev–Trinajstić information content (AvgIpc) is 3.27. The van der Waals surface area contributed by atoms with Crippen molar-refractivity contribution < 1.29 is 14.0 Å². The molecular formula is C16H17N3O3. The minimum absolute atomic E-state index is 0.0608. The zero-order chi connectivity index (χ0) is 15.5. The minimum Gasteiger partial charge on any atom is -0.431 e. The van der Waals surface area contributed by atoms with Crippen LogP contribution in [0.25, 0.3) is 0 Å². The van der Waals surface area contributed by atoms with Crippen molar-refractivity contribution in [1.29, 1.82) is 0 Å². The maximum absolute atomic E-state index is 12.0. The number of amides is 2. The highest BCUT2D eigenvalue weighted by Gasteiger charge is 2.30. The van der Waals surface area contributed by atoms with Gasteiger partial charge in [-0.2, -0.15) is 4.98 Å². The maximum Gasteiger partial charge on any atom is 0.302 e. The first-order valence-corrected chi connectivity index (χ1v) is 7.22. The van der Waals surface area contributed by atoms with Crippen molar-refractivity contribution in [2.45, 2.75) is 26.3 Å². The SMILES string of the molecule is Cc1ccc(CNC(=O)c2coc(NC(=O)C3CC3)n2)cc1. The number of nitrogens with zero attached hydrogens (tertiary/aromatic N) is 1. The number of nitrogens with one attached hydrogen (secondary N) is 2. The van der Waals surface area contributed by atoms with Gasteiger partial charge in [-0.1, -0.05) is 29.8 Å². The van der Waals surface area contributed by atoms with Gasteiger partial charge in [-0.3, -0.25) is 14.9 Å². The molecule has 2 amide bonds. The summed E-state index contributed by atoms with van der Waals surface area (Å²) in [6.07, 6.45) is 3.04. The van der Waals surface area contributed by atoms with Crippen molar-refractivity contribution in [3.8, 4) is 0 Å². The number of carbonyl (C=O) groups is 2. The predicted molar refractivity (Wildman–Crippen MR) is 80.2 cm³/mol. The topological polar surface area (TPSA) is 84.2 Å². The Balaban J connectivity index is 1.54. The third-order valence-electron chi connectivity index (χ3n) is 3.49. The highest BCUT2D eigenvalue weighted by atomic mass is 16.4. The number of benzene rings is 1. The van der Waals surface area contributed by atoms with Gasteiger partial charge >= 0.3 is 6.01 Å². The van der Waals surface area contributed by atoms with Gasteiger partial charge in [-0.15, -0.1) is 0 Å². The molecule has 1 saturated carbocycles. The minimum atomic E-state index is -0.337. The molecule has 1 aromatic carbocycles. The van der Waals surface area contributed by atoms with E-state index >= 15 is 0 Å². The van der Waals surface area contributed by atoms with Gasteiger partial charge in [-0.05, 0) is 25.3 Å². The number of anilines is 1. The Kier molecular flexibility index (Phi) is 3.91. The molecular weight excluding hydrogens is 282 g/mol. The van der Waals surface area contributed by atoms with E-state index in [0.717, 1.165) is 18.4 Å². The fraction of sp³-hybridized carbons (Fsp3) is 0.312. The molecule has 0 unspecified atom stereocenters. The second-order valence-corrected chi connectivity index (χ2v) is 5.47. The molecule has 114 valence electrons. The van der Waals surface area contributed by atoms with Crippen LogP contribution in [-0.2, 0) is 11.3 Å². The molecule has 1 fully saturated rings. The van der Waals surface area contributed by atoms with Crippen LogP contribution in [0.15, 0.2) is 34.9 Å². The summed E-state index contributed by atoms with van der Waals surface area (Å²) in [5, 5.41) is 5.32. The molecule has 0 bridgehead atoms. The molecule has 1 aromatic heterocycles. The number of hydrogen-bond donors (Lipinski definition) is 2. The lowest BCUT2D eigenvalue weighted by atomic mass is 10.1. The molecule has 1 heterocycles. The Bertz CT molecular complexity index is 687. The van der Waals surface area contributed by atoms with E-state index in [2.05, 4.69) is 15.6 Å². The molecule has 0 atom stereocenters. The van der Waals surface area contributed by atoms with Gasteiger partial charge in [-0.25, -0.2) is 0 Å². The summed E-state index contributed by atoms with van der Waals surface area (Å²) in [4.78, 5) is 27.5. The van der Waals surface area contributed by atoms with Crippen LogP contribution in [0.4, 0.5) is 6.01 Å². The standard InChI is InChI=1S/C16H17N3O3/c1-10-2-4-11(5-3-10)8-17-15(21)13-9-22-16(18-13)19-14(20)12-6-7-12/h2-5,9,12H,6-8H2,1H3,(H,17,21)(H,18,19,20). The Morgan fingerprint density at radius 2 is 2.00 bits per heavy atom. The summed E-state index contributed by atoms with van der Waals surface area (Å²) in [7, 11) is 0. The van der Waals surface area contributed by atoms with Gasteiger partial charge < -0.3 is 9.73 Å². The summed E-state index contributed by atoms with van der Waals surface area (Å²) in [5.41, 5.74) is 2.32. The van der Waals surface area contributed by atoms with Crippen LogP contribution in [-0.4, -0.2) is 16.8 Å². The van der Waals surface area contributed by atoms with E-state index in [1.165, 1.54) is 11.8 Å². The summed E-state index contributed by atoms with van der Waals surface area (Å²) in [6.45, 7) is 2.42. The van der Waals surface area contributed by atoms with Crippen molar-refractivity contribution in [2.75, 3.05) is 5.32 Å². The van der Waals surface area contributed by atoms with Crippen LogP contribution in [0.5, 0.6) is 0 Å². The van der Waals surface area contributed by atoms with Crippen LogP contribution in [0.2, 0.25) is 0 Å². The summed E-state index contributed by atoms with van der Waals surface area (Å²) in [5.74, 6) is -0.379. The average molecular weight is 299 g/mol. The number of aryl methyl sites for hydroxylation is 1. The van der Waals surface area contributed by atoms with Crippen LogP contribution < -0.4 is 10.6 Å². The second-order valence-electron chi connectivity index (χ2n) is 5.47. The fourth-order valence-corrected chi connectivity index (χ4v) is 1.97. The van der Waals surface area contributed by atoms with Gasteiger partial charge in [0.2, 0.25) is 5.91 Å². The van der Waals surface area contributed by atoms with Crippen LogP contribution in [0, 0.1) is 12.8 Å².